The molecule has 0 bridgehead atoms. The molecule has 19 heavy (non-hydrogen) atoms. The molecule has 0 aliphatic heterocycles. The quantitative estimate of drug-likeness (QED) is 0.763. The van der Waals surface area contributed by atoms with E-state index >= 15 is 0 Å². The molecule has 0 saturated heterocycles. The molecule has 3 rings (SSSR count). The maximum atomic E-state index is 5.61. The van der Waals surface area contributed by atoms with Crippen molar-refractivity contribution in [1.29, 1.82) is 0 Å². The lowest BCUT2D eigenvalue weighted by atomic mass is 10.3. The SMILES string of the molecule is Brc1ccc2nc(NCCCOCC3CC3)sc2c1. The van der Waals surface area contributed by atoms with Crippen molar-refractivity contribution >= 4 is 42.6 Å². The molecule has 3 nitrogen and oxygen atoms in total. The van der Waals surface area contributed by atoms with Crippen molar-refractivity contribution in [2.45, 2.75) is 19.3 Å². The van der Waals surface area contributed by atoms with Gasteiger partial charge in [-0.3, -0.25) is 0 Å². The number of aromatic nitrogens is 1. The van der Waals surface area contributed by atoms with Crippen molar-refractivity contribution in [3.8, 4) is 0 Å². The molecular formula is C14H17BrN2OS. The number of anilines is 1. The van der Waals surface area contributed by atoms with Gasteiger partial charge >= 0.3 is 0 Å². The number of benzene rings is 1. The molecule has 2 aromatic rings. The van der Waals surface area contributed by atoms with Gasteiger partial charge in [0.25, 0.3) is 0 Å². The first-order valence-electron chi connectivity index (χ1n) is 6.69. The first-order chi connectivity index (χ1) is 9.31. The van der Waals surface area contributed by atoms with E-state index in [-0.39, 0.29) is 0 Å². The van der Waals surface area contributed by atoms with E-state index in [1.54, 1.807) is 11.3 Å². The number of thiazole rings is 1. The van der Waals surface area contributed by atoms with Crippen LogP contribution in [0.15, 0.2) is 22.7 Å². The molecule has 1 aromatic heterocycles. The number of nitrogens with zero attached hydrogens (tertiary/aromatic N) is 1. The summed E-state index contributed by atoms with van der Waals surface area (Å²) < 4.78 is 7.92. The summed E-state index contributed by atoms with van der Waals surface area (Å²) in [4.78, 5) is 4.56. The minimum absolute atomic E-state index is 0.847. The Kier molecular flexibility index (Phi) is 4.35. The van der Waals surface area contributed by atoms with E-state index < -0.39 is 0 Å². The highest BCUT2D eigenvalue weighted by atomic mass is 79.9. The number of hydrogen-bond acceptors (Lipinski definition) is 4. The first-order valence-corrected chi connectivity index (χ1v) is 8.30. The third-order valence-electron chi connectivity index (χ3n) is 3.14. The fourth-order valence-corrected chi connectivity index (χ4v) is 3.32. The van der Waals surface area contributed by atoms with Gasteiger partial charge in [0.2, 0.25) is 0 Å². The number of hydrogen-bond donors (Lipinski definition) is 1. The van der Waals surface area contributed by atoms with Gasteiger partial charge in [-0.25, -0.2) is 4.98 Å². The van der Waals surface area contributed by atoms with E-state index in [0.29, 0.717) is 0 Å². The minimum atomic E-state index is 0.847. The van der Waals surface area contributed by atoms with Gasteiger partial charge in [0, 0.05) is 24.2 Å². The van der Waals surface area contributed by atoms with E-state index in [4.69, 9.17) is 4.74 Å². The minimum Gasteiger partial charge on any atom is -0.381 e. The monoisotopic (exact) mass is 340 g/mol. The summed E-state index contributed by atoms with van der Waals surface area (Å²) in [5.74, 6) is 0.857. The Bertz CT molecular complexity index is 553. The highest BCUT2D eigenvalue weighted by Crippen LogP contribution is 2.29. The van der Waals surface area contributed by atoms with Gasteiger partial charge in [0.1, 0.15) is 0 Å². The van der Waals surface area contributed by atoms with Gasteiger partial charge in [-0.05, 0) is 43.4 Å². The summed E-state index contributed by atoms with van der Waals surface area (Å²) in [6, 6.07) is 6.17. The smallest absolute Gasteiger partial charge is 0.183 e. The zero-order chi connectivity index (χ0) is 13.1. The molecule has 1 saturated carbocycles. The fraction of sp³-hybridized carbons (Fsp3) is 0.500. The molecule has 0 atom stereocenters. The lowest BCUT2D eigenvalue weighted by Gasteiger charge is -2.03. The van der Waals surface area contributed by atoms with Crippen LogP contribution in [0.2, 0.25) is 0 Å². The maximum Gasteiger partial charge on any atom is 0.183 e. The van der Waals surface area contributed by atoms with Crippen molar-refractivity contribution in [2.75, 3.05) is 25.1 Å². The first kappa shape index (κ1) is 13.3. The van der Waals surface area contributed by atoms with Crippen LogP contribution in [0.3, 0.4) is 0 Å². The van der Waals surface area contributed by atoms with Crippen molar-refractivity contribution in [3.05, 3.63) is 22.7 Å². The van der Waals surface area contributed by atoms with Crippen LogP contribution in [0.5, 0.6) is 0 Å². The van der Waals surface area contributed by atoms with Crippen LogP contribution in [0.4, 0.5) is 5.13 Å². The van der Waals surface area contributed by atoms with Gasteiger partial charge in [-0.15, -0.1) is 0 Å². The van der Waals surface area contributed by atoms with Crippen LogP contribution in [0, 0.1) is 5.92 Å². The van der Waals surface area contributed by atoms with Crippen LogP contribution < -0.4 is 5.32 Å². The van der Waals surface area contributed by atoms with Gasteiger partial charge in [0.15, 0.2) is 5.13 Å². The third kappa shape index (κ3) is 3.91. The number of halogens is 1. The maximum absolute atomic E-state index is 5.61. The topological polar surface area (TPSA) is 34.2 Å². The van der Waals surface area contributed by atoms with Crippen LogP contribution >= 0.6 is 27.3 Å². The number of fused-ring (bicyclic) bond motifs is 1. The average molecular weight is 341 g/mol. The summed E-state index contributed by atoms with van der Waals surface area (Å²) in [5, 5.41) is 4.37. The van der Waals surface area contributed by atoms with Crippen LogP contribution in [-0.4, -0.2) is 24.7 Å². The second-order valence-corrected chi connectivity index (χ2v) is 6.88. The lowest BCUT2D eigenvalue weighted by molar-refractivity contribution is 0.124. The molecule has 0 amide bonds. The van der Waals surface area contributed by atoms with E-state index in [1.165, 1.54) is 17.5 Å². The number of ether oxygens (including phenoxy) is 1. The van der Waals surface area contributed by atoms with Crippen molar-refractivity contribution in [1.82, 2.24) is 4.98 Å². The Hall–Kier alpha value is -0.650. The second-order valence-electron chi connectivity index (χ2n) is 4.93. The zero-order valence-corrected chi connectivity index (χ0v) is 13.1. The molecule has 1 aromatic carbocycles. The van der Waals surface area contributed by atoms with Crippen molar-refractivity contribution in [2.24, 2.45) is 5.92 Å². The largest absolute Gasteiger partial charge is 0.381 e. The molecule has 102 valence electrons. The van der Waals surface area contributed by atoms with Crippen LogP contribution in [0.25, 0.3) is 10.2 Å². The van der Waals surface area contributed by atoms with E-state index in [9.17, 15) is 0 Å². The Labute approximate surface area is 125 Å². The molecule has 0 spiro atoms. The second kappa shape index (κ2) is 6.20. The Balaban J connectivity index is 1.42. The van der Waals surface area contributed by atoms with Crippen LogP contribution in [-0.2, 0) is 4.74 Å². The molecule has 1 aliphatic rings. The standard InChI is InChI=1S/C14H17BrN2OS/c15-11-4-5-12-13(8-11)19-14(17-12)16-6-1-7-18-9-10-2-3-10/h4-5,8,10H,1-3,6-7,9H2,(H,16,17). The van der Waals surface area contributed by atoms with E-state index in [0.717, 1.165) is 47.2 Å². The lowest BCUT2D eigenvalue weighted by Crippen LogP contribution is -2.06. The summed E-state index contributed by atoms with van der Waals surface area (Å²) >= 11 is 5.18. The Morgan fingerprint density at radius 1 is 1.42 bits per heavy atom. The summed E-state index contributed by atoms with van der Waals surface area (Å²) in [6.07, 6.45) is 3.76. The highest BCUT2D eigenvalue weighted by molar-refractivity contribution is 9.10. The summed E-state index contributed by atoms with van der Waals surface area (Å²) in [6.45, 7) is 2.72. The molecule has 1 N–H and O–H groups in total. The van der Waals surface area contributed by atoms with Gasteiger partial charge < -0.3 is 10.1 Å². The van der Waals surface area contributed by atoms with Crippen molar-refractivity contribution < 1.29 is 4.74 Å². The van der Waals surface area contributed by atoms with Crippen LogP contribution in [0.1, 0.15) is 19.3 Å². The molecule has 0 radical (unpaired) electrons. The van der Waals surface area contributed by atoms with Gasteiger partial charge in [0.05, 0.1) is 10.2 Å². The third-order valence-corrected chi connectivity index (χ3v) is 4.61. The Morgan fingerprint density at radius 3 is 3.16 bits per heavy atom. The average Bonchev–Trinajstić information content (AvgIpc) is 3.13. The normalized spacial score (nSPS) is 15.0. The fourth-order valence-electron chi connectivity index (χ4n) is 1.88. The van der Waals surface area contributed by atoms with Crippen molar-refractivity contribution in [3.63, 3.8) is 0 Å². The molecular weight excluding hydrogens is 324 g/mol. The summed E-state index contributed by atoms with van der Waals surface area (Å²) in [5.41, 5.74) is 1.06. The predicted octanol–water partition coefficient (Wildman–Crippen LogP) is 4.29. The van der Waals surface area contributed by atoms with Gasteiger partial charge in [-0.2, -0.15) is 0 Å². The molecule has 1 aliphatic carbocycles. The molecule has 1 fully saturated rings. The van der Waals surface area contributed by atoms with E-state index in [2.05, 4.69) is 32.3 Å². The molecule has 0 unspecified atom stereocenters. The molecule has 1 heterocycles. The van der Waals surface area contributed by atoms with Gasteiger partial charge in [-0.1, -0.05) is 27.3 Å². The summed E-state index contributed by atoms with van der Waals surface area (Å²) in [7, 11) is 0. The zero-order valence-electron chi connectivity index (χ0n) is 10.7. The Morgan fingerprint density at radius 2 is 2.32 bits per heavy atom. The highest BCUT2D eigenvalue weighted by Gasteiger charge is 2.20. The predicted molar refractivity (Wildman–Crippen MR) is 84.0 cm³/mol. The van der Waals surface area contributed by atoms with E-state index in [1.807, 2.05) is 12.1 Å². The molecule has 5 heteroatoms. The number of rotatable bonds is 7. The number of nitrogens with one attached hydrogen (secondary N) is 1.